The Hall–Kier alpha value is -1.02. The topological polar surface area (TPSA) is 101 Å². The van der Waals surface area contributed by atoms with Gasteiger partial charge in [0, 0.05) is 13.6 Å². The normalized spacial score (nSPS) is 12.2. The van der Waals surface area contributed by atoms with E-state index in [4.69, 9.17) is 28.9 Å². The van der Waals surface area contributed by atoms with Crippen LogP contribution in [-0.4, -0.2) is 27.9 Å². The number of rotatable bonds is 5. The maximum Gasteiger partial charge on any atom is 0.242 e. The smallest absolute Gasteiger partial charge is 0.242 e. The summed E-state index contributed by atoms with van der Waals surface area (Å²) in [6.45, 7) is 3.15. The van der Waals surface area contributed by atoms with Crippen molar-refractivity contribution in [2.75, 3.05) is 19.3 Å². The molecule has 118 valence electrons. The first kappa shape index (κ1) is 18.0. The van der Waals surface area contributed by atoms with Gasteiger partial charge in [-0.05, 0) is 26.0 Å². The third-order valence-corrected chi connectivity index (χ3v) is 5.22. The highest BCUT2D eigenvalue weighted by atomic mass is 35.5. The minimum Gasteiger partial charge on any atom is -0.396 e. The van der Waals surface area contributed by atoms with E-state index in [0.29, 0.717) is 0 Å². The third-order valence-electron chi connectivity index (χ3n) is 2.93. The molecule has 0 saturated heterocycles. The van der Waals surface area contributed by atoms with Gasteiger partial charge in [0.05, 0.1) is 21.1 Å². The number of nitrogens with two attached hydrogens (primary N) is 1. The van der Waals surface area contributed by atoms with Gasteiger partial charge in [-0.1, -0.05) is 23.2 Å². The molecule has 0 heterocycles. The first-order valence-electron chi connectivity index (χ1n) is 5.98. The average Bonchev–Trinajstić information content (AvgIpc) is 2.41. The standard InChI is InChI=1S/C12H17Cl2N3O3S/c1-12(2,11(18)16-3)6-17-21(19,20)8-5-4-7(13)10(15)9(8)14/h4-5,17H,6,15H2,1-3H3,(H,16,18). The molecular formula is C12H17Cl2N3O3S. The molecular weight excluding hydrogens is 337 g/mol. The number of benzene rings is 1. The van der Waals surface area contributed by atoms with E-state index in [2.05, 4.69) is 10.0 Å². The molecule has 0 radical (unpaired) electrons. The van der Waals surface area contributed by atoms with E-state index in [9.17, 15) is 13.2 Å². The molecule has 0 aromatic heterocycles. The molecule has 0 saturated carbocycles. The third kappa shape index (κ3) is 4.00. The molecule has 0 unspecified atom stereocenters. The lowest BCUT2D eigenvalue weighted by atomic mass is 9.93. The minimum absolute atomic E-state index is 0.00762. The predicted octanol–water partition coefficient (Wildman–Crippen LogP) is 1.63. The fourth-order valence-corrected chi connectivity index (χ4v) is 3.50. The van der Waals surface area contributed by atoms with Gasteiger partial charge in [-0.2, -0.15) is 0 Å². The van der Waals surface area contributed by atoms with Crippen LogP contribution in [0.4, 0.5) is 5.69 Å². The SMILES string of the molecule is CNC(=O)C(C)(C)CNS(=O)(=O)c1ccc(Cl)c(N)c1Cl. The Morgan fingerprint density at radius 3 is 2.43 bits per heavy atom. The molecule has 1 rings (SSSR count). The van der Waals surface area contributed by atoms with Crippen LogP contribution in [0.5, 0.6) is 0 Å². The Balaban J connectivity index is 3.04. The monoisotopic (exact) mass is 353 g/mol. The van der Waals surface area contributed by atoms with Crippen molar-refractivity contribution in [3.05, 3.63) is 22.2 Å². The number of carbonyl (C=O) groups excluding carboxylic acids is 1. The molecule has 4 N–H and O–H groups in total. The van der Waals surface area contributed by atoms with E-state index in [0.717, 1.165) is 0 Å². The van der Waals surface area contributed by atoms with Crippen LogP contribution in [-0.2, 0) is 14.8 Å². The second kappa shape index (κ2) is 6.39. The fourth-order valence-electron chi connectivity index (χ4n) is 1.53. The summed E-state index contributed by atoms with van der Waals surface area (Å²) >= 11 is 11.7. The van der Waals surface area contributed by atoms with E-state index in [1.807, 2.05) is 0 Å². The first-order valence-corrected chi connectivity index (χ1v) is 8.22. The van der Waals surface area contributed by atoms with Gasteiger partial charge in [-0.25, -0.2) is 13.1 Å². The molecule has 1 aromatic carbocycles. The van der Waals surface area contributed by atoms with Crippen molar-refractivity contribution in [2.45, 2.75) is 18.7 Å². The van der Waals surface area contributed by atoms with Crippen LogP contribution >= 0.6 is 23.2 Å². The highest BCUT2D eigenvalue weighted by molar-refractivity contribution is 7.89. The number of hydrogen-bond acceptors (Lipinski definition) is 4. The molecule has 0 aliphatic heterocycles. The maximum absolute atomic E-state index is 12.2. The summed E-state index contributed by atoms with van der Waals surface area (Å²) in [6.07, 6.45) is 0. The molecule has 1 aromatic rings. The Kier molecular flexibility index (Phi) is 5.49. The van der Waals surface area contributed by atoms with Gasteiger partial charge in [-0.3, -0.25) is 4.79 Å². The number of nitrogens with one attached hydrogen (secondary N) is 2. The summed E-state index contributed by atoms with van der Waals surface area (Å²) in [6, 6.07) is 2.61. The highest BCUT2D eigenvalue weighted by Gasteiger charge is 2.30. The molecule has 0 atom stereocenters. The highest BCUT2D eigenvalue weighted by Crippen LogP contribution is 2.33. The van der Waals surface area contributed by atoms with E-state index in [1.165, 1.54) is 19.2 Å². The summed E-state index contributed by atoms with van der Waals surface area (Å²) in [5, 5.41) is 2.50. The zero-order chi connectivity index (χ0) is 16.4. The van der Waals surface area contributed by atoms with Crippen molar-refractivity contribution < 1.29 is 13.2 Å². The lowest BCUT2D eigenvalue weighted by Gasteiger charge is -2.23. The summed E-state index contributed by atoms with van der Waals surface area (Å²) in [5.74, 6) is -0.285. The van der Waals surface area contributed by atoms with Gasteiger partial charge in [0.25, 0.3) is 0 Å². The van der Waals surface area contributed by atoms with Gasteiger partial charge >= 0.3 is 0 Å². The Labute approximate surface area is 134 Å². The Morgan fingerprint density at radius 1 is 1.33 bits per heavy atom. The molecule has 0 aliphatic carbocycles. The average molecular weight is 354 g/mol. The van der Waals surface area contributed by atoms with E-state index in [-0.39, 0.29) is 33.1 Å². The number of halogens is 2. The van der Waals surface area contributed by atoms with E-state index >= 15 is 0 Å². The number of hydrogen-bond donors (Lipinski definition) is 3. The molecule has 0 fully saturated rings. The van der Waals surface area contributed by atoms with Crippen molar-refractivity contribution in [3.63, 3.8) is 0 Å². The fraction of sp³-hybridized carbons (Fsp3) is 0.417. The molecule has 0 spiro atoms. The van der Waals surface area contributed by atoms with Crippen LogP contribution in [0.1, 0.15) is 13.8 Å². The van der Waals surface area contributed by atoms with E-state index < -0.39 is 15.4 Å². The number of carbonyl (C=O) groups is 1. The van der Waals surface area contributed by atoms with Crippen LogP contribution in [0.15, 0.2) is 17.0 Å². The van der Waals surface area contributed by atoms with Gasteiger partial charge in [-0.15, -0.1) is 0 Å². The van der Waals surface area contributed by atoms with Crippen LogP contribution in [0.3, 0.4) is 0 Å². The van der Waals surface area contributed by atoms with Crippen molar-refractivity contribution in [3.8, 4) is 0 Å². The van der Waals surface area contributed by atoms with Gasteiger partial charge in [0.15, 0.2) is 0 Å². The van der Waals surface area contributed by atoms with Crippen LogP contribution in [0.2, 0.25) is 10.0 Å². The second-order valence-electron chi connectivity index (χ2n) is 5.06. The molecule has 0 aliphatic rings. The van der Waals surface area contributed by atoms with Gasteiger partial charge in [0.2, 0.25) is 15.9 Å². The number of amides is 1. The van der Waals surface area contributed by atoms with E-state index in [1.54, 1.807) is 13.8 Å². The van der Waals surface area contributed by atoms with Crippen LogP contribution < -0.4 is 15.8 Å². The lowest BCUT2D eigenvalue weighted by molar-refractivity contribution is -0.128. The Morgan fingerprint density at radius 2 is 1.90 bits per heavy atom. The largest absolute Gasteiger partial charge is 0.396 e. The molecule has 1 amide bonds. The minimum atomic E-state index is -3.91. The van der Waals surface area contributed by atoms with Gasteiger partial charge in [0.1, 0.15) is 4.90 Å². The van der Waals surface area contributed by atoms with Crippen molar-refractivity contribution in [1.29, 1.82) is 0 Å². The maximum atomic E-state index is 12.2. The quantitative estimate of drug-likeness (QED) is 0.700. The van der Waals surface area contributed by atoms with Crippen LogP contribution in [0.25, 0.3) is 0 Å². The van der Waals surface area contributed by atoms with Crippen molar-refractivity contribution >= 4 is 44.8 Å². The second-order valence-corrected chi connectivity index (χ2v) is 7.58. The lowest BCUT2D eigenvalue weighted by Crippen LogP contribution is -2.43. The first-order chi connectivity index (χ1) is 9.53. The van der Waals surface area contributed by atoms with Crippen molar-refractivity contribution in [2.24, 2.45) is 5.41 Å². The predicted molar refractivity (Wildman–Crippen MR) is 83.9 cm³/mol. The number of nitrogen functional groups attached to an aromatic ring is 1. The zero-order valence-electron chi connectivity index (χ0n) is 11.8. The Bertz CT molecular complexity index is 660. The summed E-state index contributed by atoms with van der Waals surface area (Å²) in [5.41, 5.74) is 4.69. The molecule has 21 heavy (non-hydrogen) atoms. The summed E-state index contributed by atoms with van der Waals surface area (Å²) < 4.78 is 26.8. The van der Waals surface area contributed by atoms with Gasteiger partial charge < -0.3 is 11.1 Å². The van der Waals surface area contributed by atoms with Crippen molar-refractivity contribution in [1.82, 2.24) is 10.0 Å². The molecule has 6 nitrogen and oxygen atoms in total. The zero-order valence-corrected chi connectivity index (χ0v) is 14.2. The molecule has 0 bridgehead atoms. The molecule has 9 heteroatoms. The number of anilines is 1. The summed E-state index contributed by atoms with van der Waals surface area (Å²) in [4.78, 5) is 11.5. The number of sulfonamides is 1. The van der Waals surface area contributed by atoms with Crippen LogP contribution in [0, 0.1) is 5.41 Å². The summed E-state index contributed by atoms with van der Waals surface area (Å²) in [7, 11) is -2.42.